The van der Waals surface area contributed by atoms with Gasteiger partial charge in [0.05, 0.1) is 6.04 Å². The summed E-state index contributed by atoms with van der Waals surface area (Å²) in [4.78, 5) is 0. The van der Waals surface area contributed by atoms with E-state index in [4.69, 9.17) is 0 Å². The molecular weight excluding hydrogens is 263 g/mol. The third kappa shape index (κ3) is 2.64. The summed E-state index contributed by atoms with van der Waals surface area (Å²) < 4.78 is 40.4. The van der Waals surface area contributed by atoms with Crippen LogP contribution in [0.25, 0.3) is 0 Å². The maximum Gasteiger partial charge on any atom is 0.152 e. The van der Waals surface area contributed by atoms with Crippen molar-refractivity contribution in [3.63, 3.8) is 0 Å². The van der Waals surface area contributed by atoms with Crippen LogP contribution in [0.2, 0.25) is 0 Å². The van der Waals surface area contributed by atoms with Gasteiger partial charge in [0.2, 0.25) is 0 Å². The number of rotatable bonds is 4. The van der Waals surface area contributed by atoms with Crippen LogP contribution < -0.4 is 5.32 Å². The molecule has 2 aromatic carbocycles. The Hall–Kier alpha value is -1.97. The van der Waals surface area contributed by atoms with Crippen molar-refractivity contribution in [2.75, 3.05) is 5.32 Å². The van der Waals surface area contributed by atoms with Gasteiger partial charge in [0.1, 0.15) is 11.5 Å². The fourth-order valence-corrected chi connectivity index (χ4v) is 2.40. The molecule has 0 amide bonds. The van der Waals surface area contributed by atoms with Gasteiger partial charge >= 0.3 is 0 Å². The molecule has 104 valence electrons. The summed E-state index contributed by atoms with van der Waals surface area (Å²) in [7, 11) is 0. The summed E-state index contributed by atoms with van der Waals surface area (Å²) in [5, 5.41) is 2.90. The molecule has 0 heterocycles. The summed E-state index contributed by atoms with van der Waals surface area (Å²) in [5.74, 6) is -2.34. The van der Waals surface area contributed by atoms with E-state index in [0.717, 1.165) is 18.4 Å². The molecule has 0 aliphatic heterocycles. The van der Waals surface area contributed by atoms with Gasteiger partial charge in [-0.1, -0.05) is 30.3 Å². The maximum absolute atomic E-state index is 13.7. The van der Waals surface area contributed by atoms with E-state index in [0.29, 0.717) is 18.1 Å². The molecule has 0 aromatic heterocycles. The first-order valence-electron chi connectivity index (χ1n) is 6.61. The van der Waals surface area contributed by atoms with Gasteiger partial charge in [-0.2, -0.15) is 0 Å². The van der Waals surface area contributed by atoms with E-state index in [1.807, 2.05) is 30.3 Å². The van der Waals surface area contributed by atoms with Crippen LogP contribution in [0.4, 0.5) is 18.9 Å². The van der Waals surface area contributed by atoms with Crippen molar-refractivity contribution in [1.29, 1.82) is 0 Å². The lowest BCUT2D eigenvalue weighted by molar-refractivity contribution is 0.541. The Morgan fingerprint density at radius 2 is 1.55 bits per heavy atom. The number of benzene rings is 2. The van der Waals surface area contributed by atoms with Gasteiger partial charge in [0.25, 0.3) is 0 Å². The van der Waals surface area contributed by atoms with Crippen LogP contribution in [0.15, 0.2) is 42.5 Å². The molecule has 0 bridgehead atoms. The molecule has 4 heteroatoms. The molecular formula is C16H14F3N. The van der Waals surface area contributed by atoms with Crippen LogP contribution >= 0.6 is 0 Å². The van der Waals surface area contributed by atoms with Crippen molar-refractivity contribution < 1.29 is 13.2 Å². The highest BCUT2D eigenvalue weighted by Gasteiger charge is 2.33. The van der Waals surface area contributed by atoms with Crippen molar-refractivity contribution in [1.82, 2.24) is 0 Å². The molecule has 1 atom stereocenters. The average Bonchev–Trinajstić information content (AvgIpc) is 3.23. The maximum atomic E-state index is 13.7. The molecule has 3 rings (SSSR count). The Labute approximate surface area is 115 Å². The Kier molecular flexibility index (Phi) is 3.38. The highest BCUT2D eigenvalue weighted by molar-refractivity contribution is 5.49. The van der Waals surface area contributed by atoms with Gasteiger partial charge in [-0.25, -0.2) is 13.2 Å². The first kappa shape index (κ1) is 13.0. The molecule has 0 radical (unpaired) electrons. The fourth-order valence-electron chi connectivity index (χ4n) is 2.40. The standard InChI is InChI=1S/C16H14F3N/c17-12-8-13(18)16(14(19)9-12)20-15(11-6-7-11)10-4-2-1-3-5-10/h1-5,8-9,11,15,20H,6-7H2. The summed E-state index contributed by atoms with van der Waals surface area (Å²) in [5.41, 5.74) is 0.727. The van der Waals surface area contributed by atoms with E-state index >= 15 is 0 Å². The Morgan fingerprint density at radius 1 is 0.950 bits per heavy atom. The molecule has 1 N–H and O–H groups in total. The van der Waals surface area contributed by atoms with Gasteiger partial charge in [-0.3, -0.25) is 0 Å². The smallest absolute Gasteiger partial charge is 0.152 e. The Balaban J connectivity index is 1.92. The summed E-state index contributed by atoms with van der Waals surface area (Å²) >= 11 is 0. The lowest BCUT2D eigenvalue weighted by atomic mass is 10.0. The van der Waals surface area contributed by atoms with E-state index in [9.17, 15) is 13.2 Å². The second kappa shape index (κ2) is 5.19. The van der Waals surface area contributed by atoms with E-state index in [1.54, 1.807) is 0 Å². The summed E-state index contributed by atoms with van der Waals surface area (Å²) in [6.07, 6.45) is 2.05. The van der Waals surface area contributed by atoms with Gasteiger partial charge in [0.15, 0.2) is 11.6 Å². The van der Waals surface area contributed by atoms with Crippen LogP contribution in [0.3, 0.4) is 0 Å². The molecule has 1 aliphatic carbocycles. The minimum atomic E-state index is -0.909. The monoisotopic (exact) mass is 277 g/mol. The molecule has 1 saturated carbocycles. The van der Waals surface area contributed by atoms with Crippen molar-refractivity contribution in [3.05, 3.63) is 65.5 Å². The second-order valence-electron chi connectivity index (χ2n) is 5.11. The molecule has 1 nitrogen and oxygen atoms in total. The zero-order chi connectivity index (χ0) is 14.1. The zero-order valence-electron chi connectivity index (χ0n) is 10.7. The van der Waals surface area contributed by atoms with Crippen LogP contribution in [-0.4, -0.2) is 0 Å². The van der Waals surface area contributed by atoms with Crippen LogP contribution in [-0.2, 0) is 0 Å². The molecule has 20 heavy (non-hydrogen) atoms. The van der Waals surface area contributed by atoms with Crippen molar-refractivity contribution >= 4 is 5.69 Å². The first-order valence-corrected chi connectivity index (χ1v) is 6.61. The molecule has 0 saturated heterocycles. The van der Waals surface area contributed by atoms with Crippen LogP contribution in [0.1, 0.15) is 24.4 Å². The number of anilines is 1. The minimum absolute atomic E-state index is 0.148. The normalized spacial score (nSPS) is 15.9. The predicted molar refractivity (Wildman–Crippen MR) is 71.8 cm³/mol. The highest BCUT2D eigenvalue weighted by atomic mass is 19.1. The number of nitrogens with one attached hydrogen (secondary N) is 1. The van der Waals surface area contributed by atoms with Crippen LogP contribution in [0, 0.1) is 23.4 Å². The molecule has 1 fully saturated rings. The van der Waals surface area contributed by atoms with E-state index in [-0.39, 0.29) is 11.7 Å². The molecule has 1 aliphatic rings. The minimum Gasteiger partial charge on any atom is -0.373 e. The fraction of sp³-hybridized carbons (Fsp3) is 0.250. The highest BCUT2D eigenvalue weighted by Crippen LogP contribution is 2.43. The van der Waals surface area contributed by atoms with Gasteiger partial charge in [-0.05, 0) is 24.3 Å². The number of hydrogen-bond donors (Lipinski definition) is 1. The predicted octanol–water partition coefficient (Wildman–Crippen LogP) is 4.67. The Morgan fingerprint density at radius 3 is 2.10 bits per heavy atom. The molecule has 0 spiro atoms. The molecule has 2 aromatic rings. The average molecular weight is 277 g/mol. The van der Waals surface area contributed by atoms with Gasteiger partial charge in [-0.15, -0.1) is 0 Å². The van der Waals surface area contributed by atoms with Gasteiger partial charge in [0, 0.05) is 12.1 Å². The topological polar surface area (TPSA) is 12.0 Å². The van der Waals surface area contributed by atoms with E-state index in [2.05, 4.69) is 5.32 Å². The van der Waals surface area contributed by atoms with Gasteiger partial charge < -0.3 is 5.32 Å². The van der Waals surface area contributed by atoms with Crippen molar-refractivity contribution in [2.45, 2.75) is 18.9 Å². The van der Waals surface area contributed by atoms with Crippen molar-refractivity contribution in [2.24, 2.45) is 5.92 Å². The first-order chi connectivity index (χ1) is 9.65. The third-order valence-corrected chi connectivity index (χ3v) is 3.56. The Bertz CT molecular complexity index is 585. The van der Waals surface area contributed by atoms with Crippen molar-refractivity contribution in [3.8, 4) is 0 Å². The largest absolute Gasteiger partial charge is 0.373 e. The lowest BCUT2D eigenvalue weighted by Crippen LogP contribution is -2.15. The summed E-state index contributed by atoms with van der Waals surface area (Å²) in [6, 6.07) is 10.8. The number of halogens is 3. The van der Waals surface area contributed by atoms with Crippen LogP contribution in [0.5, 0.6) is 0 Å². The van der Waals surface area contributed by atoms with E-state index in [1.165, 1.54) is 0 Å². The summed E-state index contributed by atoms with van der Waals surface area (Å²) in [6.45, 7) is 0. The SMILES string of the molecule is Fc1cc(F)c(NC(c2ccccc2)C2CC2)c(F)c1. The zero-order valence-corrected chi connectivity index (χ0v) is 10.7. The second-order valence-corrected chi connectivity index (χ2v) is 5.11. The number of hydrogen-bond acceptors (Lipinski definition) is 1. The van der Waals surface area contributed by atoms with E-state index < -0.39 is 17.5 Å². The quantitative estimate of drug-likeness (QED) is 0.856. The molecule has 1 unspecified atom stereocenters. The lowest BCUT2D eigenvalue weighted by Gasteiger charge is -2.21. The third-order valence-electron chi connectivity index (χ3n) is 3.56.